The molecule has 1 aromatic heterocycles. The first-order valence-corrected chi connectivity index (χ1v) is 3.79. The summed E-state index contributed by atoms with van der Waals surface area (Å²) < 4.78 is 0. The van der Waals surface area contributed by atoms with Crippen LogP contribution in [0, 0.1) is 6.92 Å². The molecular formula is C9H10N2O2. The maximum atomic E-state index is 11.1. The van der Waals surface area contributed by atoms with Crippen molar-refractivity contribution in [2.75, 3.05) is 0 Å². The van der Waals surface area contributed by atoms with E-state index in [2.05, 4.69) is 4.98 Å². The van der Waals surface area contributed by atoms with E-state index in [9.17, 15) is 9.59 Å². The zero-order chi connectivity index (χ0) is 10.0. The molecule has 0 atom stereocenters. The van der Waals surface area contributed by atoms with Gasteiger partial charge in [-0.2, -0.15) is 0 Å². The van der Waals surface area contributed by atoms with Crippen LogP contribution in [0.4, 0.5) is 0 Å². The number of carbonyl (C=O) groups excluding carboxylic acids is 2. The van der Waals surface area contributed by atoms with Gasteiger partial charge in [-0.15, -0.1) is 0 Å². The van der Waals surface area contributed by atoms with Gasteiger partial charge in [-0.05, 0) is 19.4 Å². The normalized spacial score (nSPS) is 9.69. The largest absolute Gasteiger partial charge is 0.366 e. The monoisotopic (exact) mass is 178 g/mol. The standard InChI is InChI=1S/C9H10N2O2/c1-5-3-11-4-7(6(2)12)8(5)9(10)13/h3-4H,1-2H3,(H2,10,13). The molecule has 0 aliphatic rings. The van der Waals surface area contributed by atoms with E-state index in [1.54, 1.807) is 6.92 Å². The highest BCUT2D eigenvalue weighted by Gasteiger charge is 2.14. The molecule has 0 aliphatic heterocycles. The number of aryl methyl sites for hydroxylation is 1. The van der Waals surface area contributed by atoms with E-state index in [1.807, 2.05) is 0 Å². The summed E-state index contributed by atoms with van der Waals surface area (Å²) in [4.78, 5) is 25.9. The Kier molecular flexibility index (Phi) is 2.41. The first kappa shape index (κ1) is 9.38. The Balaban J connectivity index is 3.43. The minimum Gasteiger partial charge on any atom is -0.366 e. The second-order valence-electron chi connectivity index (χ2n) is 2.80. The molecule has 0 aliphatic carbocycles. The third kappa shape index (κ3) is 1.72. The lowest BCUT2D eigenvalue weighted by molar-refractivity contribution is 0.0972. The molecule has 4 heteroatoms. The summed E-state index contributed by atoms with van der Waals surface area (Å²) in [6.07, 6.45) is 2.86. The number of rotatable bonds is 2. The Bertz CT molecular complexity index is 372. The molecule has 2 N–H and O–H groups in total. The third-order valence-corrected chi connectivity index (χ3v) is 1.76. The number of nitrogens with zero attached hydrogens (tertiary/aromatic N) is 1. The molecule has 0 fully saturated rings. The van der Waals surface area contributed by atoms with Crippen molar-refractivity contribution in [2.24, 2.45) is 5.73 Å². The summed E-state index contributed by atoms with van der Waals surface area (Å²) in [7, 11) is 0. The van der Waals surface area contributed by atoms with Gasteiger partial charge in [0.05, 0.1) is 5.56 Å². The van der Waals surface area contributed by atoms with E-state index >= 15 is 0 Å². The zero-order valence-electron chi connectivity index (χ0n) is 7.50. The number of ketones is 1. The lowest BCUT2D eigenvalue weighted by atomic mass is 10.0. The van der Waals surface area contributed by atoms with Gasteiger partial charge in [-0.25, -0.2) is 0 Å². The van der Waals surface area contributed by atoms with E-state index in [0.29, 0.717) is 5.56 Å². The third-order valence-electron chi connectivity index (χ3n) is 1.76. The quantitative estimate of drug-likeness (QED) is 0.677. The number of primary amides is 1. The first-order valence-electron chi connectivity index (χ1n) is 3.79. The minimum atomic E-state index is -0.592. The number of Topliss-reactive ketones (excluding diaryl/α,β-unsaturated/α-hetero) is 1. The van der Waals surface area contributed by atoms with Crippen LogP contribution in [0.2, 0.25) is 0 Å². The summed E-state index contributed by atoms with van der Waals surface area (Å²) >= 11 is 0. The molecule has 1 aromatic rings. The van der Waals surface area contributed by atoms with E-state index in [0.717, 1.165) is 0 Å². The van der Waals surface area contributed by atoms with Crippen molar-refractivity contribution >= 4 is 11.7 Å². The van der Waals surface area contributed by atoms with Crippen molar-refractivity contribution in [1.82, 2.24) is 4.98 Å². The Morgan fingerprint density at radius 2 is 2.00 bits per heavy atom. The van der Waals surface area contributed by atoms with Crippen molar-refractivity contribution in [3.05, 3.63) is 29.1 Å². The molecule has 4 nitrogen and oxygen atoms in total. The van der Waals surface area contributed by atoms with E-state index in [-0.39, 0.29) is 16.9 Å². The van der Waals surface area contributed by atoms with Crippen LogP contribution in [0.15, 0.2) is 12.4 Å². The predicted octanol–water partition coefficient (Wildman–Crippen LogP) is 0.692. The van der Waals surface area contributed by atoms with Crippen LogP contribution < -0.4 is 5.73 Å². The molecule has 1 amide bonds. The molecule has 1 heterocycles. The lowest BCUT2D eigenvalue weighted by Gasteiger charge is -2.04. The van der Waals surface area contributed by atoms with Crippen LogP contribution in [0.5, 0.6) is 0 Å². The van der Waals surface area contributed by atoms with Gasteiger partial charge in [0.15, 0.2) is 5.78 Å². The molecule has 68 valence electrons. The maximum absolute atomic E-state index is 11.1. The van der Waals surface area contributed by atoms with Gasteiger partial charge in [0.2, 0.25) is 5.91 Å². The van der Waals surface area contributed by atoms with E-state index < -0.39 is 5.91 Å². The average molecular weight is 178 g/mol. The molecule has 0 aromatic carbocycles. The van der Waals surface area contributed by atoms with Gasteiger partial charge in [-0.1, -0.05) is 0 Å². The summed E-state index contributed by atoms with van der Waals surface area (Å²) in [6, 6.07) is 0. The molecule has 0 spiro atoms. The Morgan fingerprint density at radius 1 is 1.38 bits per heavy atom. The Morgan fingerprint density at radius 3 is 2.38 bits per heavy atom. The first-order chi connectivity index (χ1) is 6.04. The summed E-state index contributed by atoms with van der Waals surface area (Å²) in [5.41, 5.74) is 6.31. The van der Waals surface area contributed by atoms with E-state index in [1.165, 1.54) is 19.3 Å². The number of amides is 1. The number of carbonyl (C=O) groups is 2. The predicted molar refractivity (Wildman–Crippen MR) is 47.5 cm³/mol. The van der Waals surface area contributed by atoms with Crippen LogP contribution in [-0.2, 0) is 0 Å². The Hall–Kier alpha value is -1.71. The second-order valence-corrected chi connectivity index (χ2v) is 2.80. The van der Waals surface area contributed by atoms with Crippen molar-refractivity contribution < 1.29 is 9.59 Å². The molecule has 0 radical (unpaired) electrons. The highest BCUT2D eigenvalue weighted by atomic mass is 16.1. The molecule has 0 saturated heterocycles. The molecular weight excluding hydrogens is 168 g/mol. The van der Waals surface area contributed by atoms with E-state index in [4.69, 9.17) is 5.73 Å². The molecule has 1 rings (SSSR count). The van der Waals surface area contributed by atoms with Crippen LogP contribution in [0.1, 0.15) is 33.2 Å². The second kappa shape index (κ2) is 3.35. The smallest absolute Gasteiger partial charge is 0.249 e. The van der Waals surface area contributed by atoms with Gasteiger partial charge >= 0.3 is 0 Å². The van der Waals surface area contributed by atoms with Crippen LogP contribution in [0.3, 0.4) is 0 Å². The summed E-state index contributed by atoms with van der Waals surface area (Å²) in [6.45, 7) is 3.07. The fraction of sp³-hybridized carbons (Fsp3) is 0.222. The molecule has 0 unspecified atom stereocenters. The SMILES string of the molecule is CC(=O)c1cncc(C)c1C(N)=O. The van der Waals surface area contributed by atoms with Crippen LogP contribution in [-0.4, -0.2) is 16.7 Å². The highest BCUT2D eigenvalue weighted by Crippen LogP contribution is 2.11. The van der Waals surface area contributed by atoms with Crippen molar-refractivity contribution in [3.8, 4) is 0 Å². The topological polar surface area (TPSA) is 73.1 Å². The lowest BCUT2D eigenvalue weighted by Crippen LogP contribution is -2.17. The van der Waals surface area contributed by atoms with Gasteiger partial charge < -0.3 is 5.73 Å². The van der Waals surface area contributed by atoms with Crippen LogP contribution >= 0.6 is 0 Å². The molecule has 0 bridgehead atoms. The van der Waals surface area contributed by atoms with Gasteiger partial charge in [0, 0.05) is 18.0 Å². The molecule has 0 saturated carbocycles. The van der Waals surface area contributed by atoms with Gasteiger partial charge in [-0.3, -0.25) is 14.6 Å². The van der Waals surface area contributed by atoms with Gasteiger partial charge in [0.25, 0.3) is 0 Å². The fourth-order valence-corrected chi connectivity index (χ4v) is 1.16. The number of hydrogen-bond acceptors (Lipinski definition) is 3. The summed E-state index contributed by atoms with van der Waals surface area (Å²) in [5.74, 6) is -0.796. The molecule has 13 heavy (non-hydrogen) atoms. The van der Waals surface area contributed by atoms with Crippen LogP contribution in [0.25, 0.3) is 0 Å². The number of aromatic nitrogens is 1. The average Bonchev–Trinajstić information content (AvgIpc) is 2.02. The Labute approximate surface area is 75.8 Å². The number of pyridine rings is 1. The van der Waals surface area contributed by atoms with Crippen molar-refractivity contribution in [2.45, 2.75) is 13.8 Å². The fourth-order valence-electron chi connectivity index (χ4n) is 1.16. The van der Waals surface area contributed by atoms with Crippen molar-refractivity contribution in [3.63, 3.8) is 0 Å². The maximum Gasteiger partial charge on any atom is 0.249 e. The van der Waals surface area contributed by atoms with Crippen molar-refractivity contribution in [1.29, 1.82) is 0 Å². The zero-order valence-corrected chi connectivity index (χ0v) is 7.50. The number of hydrogen-bond donors (Lipinski definition) is 1. The number of nitrogens with two attached hydrogens (primary N) is 1. The summed E-state index contributed by atoms with van der Waals surface area (Å²) in [5, 5.41) is 0. The minimum absolute atomic E-state index is 0.204. The van der Waals surface area contributed by atoms with Gasteiger partial charge in [0.1, 0.15) is 0 Å². The highest BCUT2D eigenvalue weighted by molar-refractivity contribution is 6.07.